The molecule has 7 amide bonds. The molecule has 0 aliphatic rings. The molecule has 72 heavy (non-hydrogen) atoms. The lowest BCUT2D eigenvalue weighted by Crippen LogP contribution is -2.53. The van der Waals surface area contributed by atoms with E-state index in [9.17, 15) is 94.8 Å². The molecule has 4 rings (SSSR count). The first-order valence-corrected chi connectivity index (χ1v) is 22.0. The third-order valence-corrected chi connectivity index (χ3v) is 10.9. The minimum atomic E-state index is -1.39. The Morgan fingerprint density at radius 1 is 0.347 bits per heavy atom. The van der Waals surface area contributed by atoms with Crippen LogP contribution in [0.25, 0.3) is 0 Å². The molecular weight excluding hydrogens is 955 g/mol. The predicted octanol–water partition coefficient (Wildman–Crippen LogP) is 0.508. The summed E-state index contributed by atoms with van der Waals surface area (Å²) in [6.07, 6.45) is 0.948. The van der Waals surface area contributed by atoms with Gasteiger partial charge in [-0.1, -0.05) is 0 Å². The second-order valence-electron chi connectivity index (χ2n) is 16.3. The molecule has 0 fully saturated rings. The normalized spacial score (nSPS) is 12.1. The average molecular weight is 1010 g/mol. The van der Waals surface area contributed by atoms with Gasteiger partial charge >= 0.3 is 0 Å². The van der Waals surface area contributed by atoms with E-state index in [4.69, 9.17) is 5.73 Å². The minimum absolute atomic E-state index is 0.00632. The third kappa shape index (κ3) is 15.4. The number of phenolic OH excluding ortho intramolecular Hbond substituents is 12. The van der Waals surface area contributed by atoms with Crippen LogP contribution in [0.5, 0.6) is 69.0 Å². The molecule has 0 aliphatic heterocycles. The molecular formula is C46H55N7O19. The Labute approximate surface area is 408 Å². The zero-order valence-corrected chi connectivity index (χ0v) is 38.1. The van der Waals surface area contributed by atoms with Crippen LogP contribution < -0.4 is 37.6 Å². The van der Waals surface area contributed by atoms with Gasteiger partial charge in [-0.15, -0.1) is 0 Å². The zero-order chi connectivity index (χ0) is 53.4. The molecule has 0 spiro atoms. The van der Waals surface area contributed by atoms with E-state index in [1.807, 2.05) is 0 Å². The summed E-state index contributed by atoms with van der Waals surface area (Å²) in [6, 6.07) is 3.15. The van der Waals surface area contributed by atoms with Crippen LogP contribution in [0, 0.1) is 0 Å². The van der Waals surface area contributed by atoms with Crippen molar-refractivity contribution in [3.8, 4) is 69.0 Å². The summed E-state index contributed by atoms with van der Waals surface area (Å²) in [5, 5.41) is 132. The van der Waals surface area contributed by atoms with Crippen molar-refractivity contribution in [2.75, 3.05) is 19.6 Å². The Morgan fingerprint density at radius 3 is 0.917 bits per heavy atom. The molecule has 388 valence electrons. The monoisotopic (exact) mass is 1010 g/mol. The molecule has 0 bridgehead atoms. The van der Waals surface area contributed by atoms with Gasteiger partial charge in [-0.2, -0.15) is 0 Å². The number of benzene rings is 4. The molecule has 0 radical (unpaired) electrons. The van der Waals surface area contributed by atoms with Gasteiger partial charge in [0.15, 0.2) is 69.0 Å². The predicted molar refractivity (Wildman–Crippen MR) is 249 cm³/mol. The maximum atomic E-state index is 13.6. The first-order valence-electron chi connectivity index (χ1n) is 22.0. The van der Waals surface area contributed by atoms with Crippen molar-refractivity contribution in [1.29, 1.82) is 0 Å². The van der Waals surface area contributed by atoms with Crippen LogP contribution in [0.2, 0.25) is 0 Å². The zero-order valence-electron chi connectivity index (χ0n) is 38.1. The van der Waals surface area contributed by atoms with Crippen molar-refractivity contribution in [2.24, 2.45) is 5.73 Å². The van der Waals surface area contributed by atoms with Gasteiger partial charge in [-0.3, -0.25) is 33.6 Å². The van der Waals surface area contributed by atoms with E-state index in [0.29, 0.717) is 0 Å². The lowest BCUT2D eigenvalue weighted by molar-refractivity contribution is -0.128. The summed E-state index contributed by atoms with van der Waals surface area (Å²) >= 11 is 0. The van der Waals surface area contributed by atoms with E-state index in [0.717, 1.165) is 48.5 Å². The Morgan fingerprint density at radius 2 is 0.611 bits per heavy atom. The van der Waals surface area contributed by atoms with E-state index < -0.39 is 128 Å². The fourth-order valence-corrected chi connectivity index (χ4v) is 6.88. The molecule has 0 heterocycles. The third-order valence-electron chi connectivity index (χ3n) is 10.9. The highest BCUT2D eigenvalue weighted by atomic mass is 16.3. The van der Waals surface area contributed by atoms with Gasteiger partial charge in [0, 0.05) is 41.9 Å². The van der Waals surface area contributed by atoms with Crippen molar-refractivity contribution < 1.29 is 94.8 Å². The number of aromatic hydroxyl groups is 12. The van der Waals surface area contributed by atoms with Crippen molar-refractivity contribution >= 4 is 41.4 Å². The van der Waals surface area contributed by atoms with Gasteiger partial charge in [0.2, 0.25) is 17.7 Å². The van der Waals surface area contributed by atoms with Crippen LogP contribution in [0.15, 0.2) is 48.5 Å². The Balaban J connectivity index is 1.35. The van der Waals surface area contributed by atoms with Crippen LogP contribution in [-0.2, 0) is 14.4 Å². The smallest absolute Gasteiger partial charge is 0.252 e. The van der Waals surface area contributed by atoms with Gasteiger partial charge in [0.1, 0.15) is 18.1 Å². The van der Waals surface area contributed by atoms with Gasteiger partial charge in [0.05, 0.1) is 0 Å². The van der Waals surface area contributed by atoms with Crippen LogP contribution in [0.4, 0.5) is 0 Å². The standard InChI is InChI=1S/C46H55N7O19/c47-40(66)25(51-46(72)27(53-44(70)24-19-34(60)39(65)35(61)20-24)9-3-6-11-49-42(68)22-15-30(56)37(63)31(57)16-22)7-1-4-12-50-45(71)26(52-43(69)23-17-32(58)38(64)33(59)18-23)8-2-5-10-48-41(67)21-13-28(54)36(62)29(55)14-21/h13-20,25-27,54-65H,1-12H2,(H2,47,66)(H,48,67)(H,49,68)(H,50,71)(H,51,72)(H,52,69)(H,53,70)/t25-,26-,27-/m1/s1. The molecule has 26 heteroatoms. The highest BCUT2D eigenvalue weighted by Gasteiger charge is 2.28. The Bertz CT molecular complexity index is 2590. The van der Waals surface area contributed by atoms with E-state index in [1.54, 1.807) is 0 Å². The highest BCUT2D eigenvalue weighted by Crippen LogP contribution is 2.38. The molecule has 4 aromatic rings. The van der Waals surface area contributed by atoms with Crippen molar-refractivity contribution in [1.82, 2.24) is 31.9 Å². The summed E-state index contributed by atoms with van der Waals surface area (Å²) in [7, 11) is 0. The van der Waals surface area contributed by atoms with Gasteiger partial charge in [-0.05, 0) is 106 Å². The number of amides is 7. The number of rotatable bonds is 25. The fraction of sp³-hybridized carbons (Fsp3) is 0.326. The van der Waals surface area contributed by atoms with Crippen LogP contribution in [0.3, 0.4) is 0 Å². The largest absolute Gasteiger partial charge is 0.504 e. The van der Waals surface area contributed by atoms with E-state index >= 15 is 0 Å². The Hall–Kier alpha value is -9.23. The molecule has 0 aliphatic carbocycles. The van der Waals surface area contributed by atoms with Crippen molar-refractivity contribution in [3.63, 3.8) is 0 Å². The summed E-state index contributed by atoms with van der Waals surface area (Å²) in [5.74, 6) is -15.5. The summed E-state index contributed by atoms with van der Waals surface area (Å²) in [5.41, 5.74) is 4.61. The summed E-state index contributed by atoms with van der Waals surface area (Å²) < 4.78 is 0. The van der Waals surface area contributed by atoms with Crippen LogP contribution in [0.1, 0.15) is 99.2 Å². The van der Waals surface area contributed by atoms with Crippen LogP contribution >= 0.6 is 0 Å². The summed E-state index contributed by atoms with van der Waals surface area (Å²) in [4.78, 5) is 91.0. The molecule has 26 nitrogen and oxygen atoms in total. The first kappa shape index (κ1) is 55.4. The second kappa shape index (κ2) is 25.4. The molecule has 0 aromatic heterocycles. The number of phenols is 12. The van der Waals surface area contributed by atoms with Crippen molar-refractivity contribution in [2.45, 2.75) is 75.9 Å². The molecule has 0 saturated heterocycles. The molecule has 0 saturated carbocycles. The second-order valence-corrected chi connectivity index (χ2v) is 16.3. The number of nitrogens with one attached hydrogen (secondary N) is 6. The quantitative estimate of drug-likeness (QED) is 0.0318. The lowest BCUT2D eigenvalue weighted by Gasteiger charge is -2.22. The van der Waals surface area contributed by atoms with Crippen LogP contribution in [-0.4, -0.2) is 140 Å². The number of unbranched alkanes of at least 4 members (excludes halogenated alkanes) is 3. The van der Waals surface area contributed by atoms with Crippen molar-refractivity contribution in [3.05, 3.63) is 70.8 Å². The molecule has 20 N–H and O–H groups in total. The number of nitrogens with two attached hydrogens (primary N) is 1. The highest BCUT2D eigenvalue weighted by molar-refractivity contribution is 6.00. The minimum Gasteiger partial charge on any atom is -0.504 e. The maximum Gasteiger partial charge on any atom is 0.252 e. The number of carbonyl (C=O) groups is 7. The molecule has 0 unspecified atom stereocenters. The Kier molecular flexibility index (Phi) is 19.5. The fourth-order valence-electron chi connectivity index (χ4n) is 6.88. The lowest BCUT2D eigenvalue weighted by atomic mass is 10.0. The number of carbonyl (C=O) groups excluding carboxylic acids is 7. The SMILES string of the molecule is NC(=O)[C@@H](CCCCNC(=O)[C@@H](CCCCNC(=O)c1cc(O)c(O)c(O)c1)NC(=O)c1cc(O)c(O)c(O)c1)NC(=O)[C@@H](CCCCNC(=O)c1cc(O)c(O)c(O)c1)NC(=O)c1cc(O)c(O)c(O)c1. The number of hydrogen-bond donors (Lipinski definition) is 19. The molecule has 3 atom stereocenters. The van der Waals surface area contributed by atoms with E-state index in [-0.39, 0.29) is 99.7 Å². The average Bonchev–Trinajstić information content (AvgIpc) is 3.32. The number of hydrogen-bond acceptors (Lipinski definition) is 19. The van der Waals surface area contributed by atoms with E-state index in [1.165, 1.54) is 0 Å². The van der Waals surface area contributed by atoms with E-state index in [2.05, 4.69) is 31.9 Å². The maximum absolute atomic E-state index is 13.6. The molecule has 4 aromatic carbocycles. The van der Waals surface area contributed by atoms with Gasteiger partial charge in [-0.25, -0.2) is 0 Å². The first-order chi connectivity index (χ1) is 34.0. The number of primary amides is 1. The topological polar surface area (TPSA) is 460 Å². The summed E-state index contributed by atoms with van der Waals surface area (Å²) in [6.45, 7) is -0.0111. The van der Waals surface area contributed by atoms with Gasteiger partial charge < -0.3 is 98.9 Å². The van der Waals surface area contributed by atoms with Gasteiger partial charge in [0.25, 0.3) is 23.6 Å².